The van der Waals surface area contributed by atoms with Gasteiger partial charge in [-0.15, -0.1) is 0 Å². The van der Waals surface area contributed by atoms with Gasteiger partial charge in [0.15, 0.2) is 0 Å². The Hall–Kier alpha value is -1.05. The lowest BCUT2D eigenvalue weighted by Crippen LogP contribution is -2.23. The van der Waals surface area contributed by atoms with Gasteiger partial charge in [0.25, 0.3) is 0 Å². The third kappa shape index (κ3) is 2.49. The van der Waals surface area contributed by atoms with E-state index in [1.165, 1.54) is 12.0 Å². The highest BCUT2D eigenvalue weighted by molar-refractivity contribution is 5.83. The first-order valence-corrected chi connectivity index (χ1v) is 5.56. The van der Waals surface area contributed by atoms with Gasteiger partial charge in [-0.3, -0.25) is 0 Å². The molecule has 2 bridgehead atoms. The van der Waals surface area contributed by atoms with E-state index in [4.69, 9.17) is 4.74 Å². The molecule has 2 rings (SSSR count). The Labute approximate surface area is 91.0 Å². The molecule has 1 saturated carbocycles. The molecule has 0 spiro atoms. The molecule has 2 unspecified atom stereocenters. The average Bonchev–Trinajstić information content (AvgIpc) is 2.60. The molecule has 2 aliphatic rings. The lowest BCUT2D eigenvalue weighted by molar-refractivity contribution is -0.148. The van der Waals surface area contributed by atoms with Crippen molar-refractivity contribution in [2.75, 3.05) is 0 Å². The lowest BCUT2D eigenvalue weighted by Gasteiger charge is -2.18. The summed E-state index contributed by atoms with van der Waals surface area (Å²) in [6.45, 7) is 5.68. The number of carbonyl (C=O) groups excluding carboxylic acids is 1. The van der Waals surface area contributed by atoms with Gasteiger partial charge < -0.3 is 4.74 Å². The maximum absolute atomic E-state index is 11.6. The quantitative estimate of drug-likeness (QED) is 0.374. The summed E-state index contributed by atoms with van der Waals surface area (Å²) in [5.41, 5.74) is 0.860. The Balaban J connectivity index is 1.99. The van der Waals surface area contributed by atoms with Crippen LogP contribution in [0.2, 0.25) is 0 Å². The van der Waals surface area contributed by atoms with Crippen molar-refractivity contribution >= 4 is 5.97 Å². The SMILES string of the molecule is CC(C)(C)OC(=O)/C=C1\CC2C=CC1C2. The fraction of sp³-hybridized carbons (Fsp3) is 0.615. The van der Waals surface area contributed by atoms with Crippen molar-refractivity contribution in [3.05, 3.63) is 23.8 Å². The Bertz CT molecular complexity index is 331. The number of hydrogen-bond donors (Lipinski definition) is 0. The van der Waals surface area contributed by atoms with Crippen molar-refractivity contribution in [1.82, 2.24) is 0 Å². The normalized spacial score (nSPS) is 31.3. The second-order valence-corrected chi connectivity index (χ2v) is 5.44. The van der Waals surface area contributed by atoms with Crippen LogP contribution in [0.25, 0.3) is 0 Å². The van der Waals surface area contributed by atoms with Gasteiger partial charge in [-0.1, -0.05) is 17.7 Å². The van der Waals surface area contributed by atoms with Crippen LogP contribution in [-0.4, -0.2) is 11.6 Å². The molecular weight excluding hydrogens is 188 g/mol. The summed E-state index contributed by atoms with van der Waals surface area (Å²) in [4.78, 5) is 11.6. The van der Waals surface area contributed by atoms with E-state index in [-0.39, 0.29) is 11.6 Å². The summed E-state index contributed by atoms with van der Waals surface area (Å²) in [6.07, 6.45) is 8.40. The molecule has 2 nitrogen and oxygen atoms in total. The van der Waals surface area contributed by atoms with Crippen LogP contribution in [0.4, 0.5) is 0 Å². The molecule has 2 heteroatoms. The second-order valence-electron chi connectivity index (χ2n) is 5.44. The molecule has 0 aromatic carbocycles. The summed E-state index contributed by atoms with van der Waals surface area (Å²) < 4.78 is 5.27. The van der Waals surface area contributed by atoms with Crippen molar-refractivity contribution in [3.8, 4) is 0 Å². The molecule has 0 aromatic heterocycles. The number of esters is 1. The lowest BCUT2D eigenvalue weighted by atomic mass is 10.0. The number of ether oxygens (including phenoxy) is 1. The minimum atomic E-state index is -0.387. The van der Waals surface area contributed by atoms with Crippen LogP contribution < -0.4 is 0 Å². The van der Waals surface area contributed by atoms with Crippen molar-refractivity contribution in [2.24, 2.45) is 11.8 Å². The maximum Gasteiger partial charge on any atom is 0.331 e. The molecule has 0 aliphatic heterocycles. The first-order valence-electron chi connectivity index (χ1n) is 5.56. The molecule has 0 N–H and O–H groups in total. The summed E-state index contributed by atoms with van der Waals surface area (Å²) in [7, 11) is 0. The van der Waals surface area contributed by atoms with E-state index in [9.17, 15) is 4.79 Å². The van der Waals surface area contributed by atoms with E-state index in [1.54, 1.807) is 6.08 Å². The van der Waals surface area contributed by atoms with E-state index >= 15 is 0 Å². The van der Waals surface area contributed by atoms with E-state index in [0.29, 0.717) is 11.8 Å². The van der Waals surface area contributed by atoms with Gasteiger partial charge in [-0.2, -0.15) is 0 Å². The predicted molar refractivity (Wildman–Crippen MR) is 59.3 cm³/mol. The van der Waals surface area contributed by atoms with E-state index in [1.807, 2.05) is 20.8 Å². The van der Waals surface area contributed by atoms with Gasteiger partial charge in [0.1, 0.15) is 5.60 Å². The van der Waals surface area contributed by atoms with Crippen molar-refractivity contribution in [3.63, 3.8) is 0 Å². The number of hydrogen-bond acceptors (Lipinski definition) is 2. The largest absolute Gasteiger partial charge is 0.457 e. The molecule has 15 heavy (non-hydrogen) atoms. The second kappa shape index (κ2) is 3.51. The molecule has 0 radical (unpaired) electrons. The molecule has 1 fully saturated rings. The van der Waals surface area contributed by atoms with Crippen LogP contribution in [0.3, 0.4) is 0 Å². The standard InChI is InChI=1S/C13H18O2/c1-13(2,3)15-12(14)8-11-7-9-4-5-10(11)6-9/h4-5,8-10H,6-7H2,1-3H3/b11-8+. The molecule has 0 aromatic rings. The summed E-state index contributed by atoms with van der Waals surface area (Å²) in [6, 6.07) is 0. The zero-order valence-corrected chi connectivity index (χ0v) is 9.62. The van der Waals surface area contributed by atoms with Gasteiger partial charge in [0.2, 0.25) is 0 Å². The van der Waals surface area contributed by atoms with E-state index < -0.39 is 0 Å². The molecule has 0 heterocycles. The molecule has 0 saturated heterocycles. The van der Waals surface area contributed by atoms with Gasteiger partial charge in [-0.05, 0) is 45.4 Å². The average molecular weight is 206 g/mol. The third-order valence-electron chi connectivity index (χ3n) is 2.86. The van der Waals surface area contributed by atoms with Crippen molar-refractivity contribution in [1.29, 1.82) is 0 Å². The van der Waals surface area contributed by atoms with Crippen LogP contribution in [0, 0.1) is 11.8 Å². The minimum Gasteiger partial charge on any atom is -0.457 e. The summed E-state index contributed by atoms with van der Waals surface area (Å²) in [5, 5.41) is 0. The fourth-order valence-corrected chi connectivity index (χ4v) is 2.30. The first kappa shape index (κ1) is 10.5. The zero-order chi connectivity index (χ0) is 11.1. The highest BCUT2D eigenvalue weighted by Crippen LogP contribution is 2.42. The number of fused-ring (bicyclic) bond motifs is 2. The predicted octanol–water partition coefficient (Wildman–Crippen LogP) is 2.85. The van der Waals surface area contributed by atoms with Gasteiger partial charge in [-0.25, -0.2) is 4.79 Å². The zero-order valence-electron chi connectivity index (χ0n) is 9.62. The van der Waals surface area contributed by atoms with Crippen molar-refractivity contribution in [2.45, 2.75) is 39.2 Å². The topological polar surface area (TPSA) is 26.3 Å². The monoisotopic (exact) mass is 206 g/mol. The van der Waals surface area contributed by atoms with Gasteiger partial charge in [0.05, 0.1) is 0 Å². The van der Waals surface area contributed by atoms with Gasteiger partial charge in [0, 0.05) is 6.08 Å². The van der Waals surface area contributed by atoms with Crippen LogP contribution >= 0.6 is 0 Å². The maximum atomic E-state index is 11.6. The van der Waals surface area contributed by atoms with E-state index in [0.717, 1.165) is 6.42 Å². The van der Waals surface area contributed by atoms with Crippen LogP contribution in [-0.2, 0) is 9.53 Å². The van der Waals surface area contributed by atoms with Crippen LogP contribution in [0.1, 0.15) is 33.6 Å². The Kier molecular flexibility index (Phi) is 2.45. The summed E-state index contributed by atoms with van der Waals surface area (Å²) >= 11 is 0. The Morgan fingerprint density at radius 1 is 1.47 bits per heavy atom. The Morgan fingerprint density at radius 3 is 2.67 bits per heavy atom. The smallest absolute Gasteiger partial charge is 0.331 e. The van der Waals surface area contributed by atoms with Crippen molar-refractivity contribution < 1.29 is 9.53 Å². The van der Waals surface area contributed by atoms with Crippen LogP contribution in [0.15, 0.2) is 23.8 Å². The van der Waals surface area contributed by atoms with E-state index in [2.05, 4.69) is 12.2 Å². The highest BCUT2D eigenvalue weighted by Gasteiger charge is 2.31. The Morgan fingerprint density at radius 2 is 2.20 bits per heavy atom. The molecule has 2 atom stereocenters. The number of rotatable bonds is 1. The molecular formula is C13H18O2. The molecule has 82 valence electrons. The first-order chi connectivity index (χ1) is 6.94. The minimum absolute atomic E-state index is 0.196. The third-order valence-corrected chi connectivity index (χ3v) is 2.86. The number of allylic oxidation sites excluding steroid dienone is 3. The molecule has 2 aliphatic carbocycles. The highest BCUT2D eigenvalue weighted by atomic mass is 16.6. The van der Waals surface area contributed by atoms with Crippen LogP contribution in [0.5, 0.6) is 0 Å². The fourth-order valence-electron chi connectivity index (χ4n) is 2.30. The number of carbonyl (C=O) groups is 1. The molecule has 0 amide bonds. The summed E-state index contributed by atoms with van der Waals surface area (Å²) in [5.74, 6) is 0.977. The van der Waals surface area contributed by atoms with Gasteiger partial charge >= 0.3 is 5.97 Å².